The SMILES string of the molecule is CN(C)c1ccc(Nc2ccc([N+](=O)[O-])cc2N)cc1. The molecule has 0 bridgehead atoms. The van der Waals surface area contributed by atoms with E-state index in [9.17, 15) is 10.1 Å². The molecule has 20 heavy (non-hydrogen) atoms. The number of nitrogens with zero attached hydrogens (tertiary/aromatic N) is 2. The molecule has 0 unspecified atom stereocenters. The van der Waals surface area contributed by atoms with Crippen molar-refractivity contribution in [2.24, 2.45) is 0 Å². The Kier molecular flexibility index (Phi) is 3.74. The minimum atomic E-state index is -0.466. The first-order valence-electron chi connectivity index (χ1n) is 6.05. The normalized spacial score (nSPS) is 10.1. The molecule has 0 amide bonds. The van der Waals surface area contributed by atoms with Crippen molar-refractivity contribution in [3.63, 3.8) is 0 Å². The summed E-state index contributed by atoms with van der Waals surface area (Å²) in [6, 6.07) is 12.2. The lowest BCUT2D eigenvalue weighted by molar-refractivity contribution is -0.384. The molecule has 0 spiro atoms. The van der Waals surface area contributed by atoms with Crippen LogP contribution in [0.15, 0.2) is 42.5 Å². The van der Waals surface area contributed by atoms with Gasteiger partial charge in [-0.3, -0.25) is 10.1 Å². The Bertz CT molecular complexity index is 624. The number of benzene rings is 2. The molecule has 0 heterocycles. The van der Waals surface area contributed by atoms with Crippen molar-refractivity contribution in [1.82, 2.24) is 0 Å². The van der Waals surface area contributed by atoms with Crippen molar-refractivity contribution >= 4 is 28.4 Å². The van der Waals surface area contributed by atoms with Gasteiger partial charge in [-0.2, -0.15) is 0 Å². The zero-order valence-corrected chi connectivity index (χ0v) is 11.3. The number of hydrogen-bond donors (Lipinski definition) is 2. The second kappa shape index (κ2) is 5.48. The summed E-state index contributed by atoms with van der Waals surface area (Å²) in [5.41, 5.74) is 8.74. The highest BCUT2D eigenvalue weighted by molar-refractivity contribution is 5.75. The number of anilines is 4. The zero-order chi connectivity index (χ0) is 14.7. The number of nitrogens with one attached hydrogen (secondary N) is 1. The predicted octanol–water partition coefficient (Wildman–Crippen LogP) is 2.99. The fraction of sp³-hybridized carbons (Fsp3) is 0.143. The van der Waals surface area contributed by atoms with Gasteiger partial charge in [-0.1, -0.05) is 0 Å². The van der Waals surface area contributed by atoms with Gasteiger partial charge in [-0.05, 0) is 30.3 Å². The molecule has 0 atom stereocenters. The fourth-order valence-electron chi connectivity index (χ4n) is 1.78. The highest BCUT2D eigenvalue weighted by atomic mass is 16.6. The molecule has 2 rings (SSSR count). The van der Waals surface area contributed by atoms with E-state index in [4.69, 9.17) is 5.73 Å². The number of nitro groups is 1. The molecular formula is C14H16N4O2. The second-order valence-electron chi connectivity index (χ2n) is 4.59. The van der Waals surface area contributed by atoms with Gasteiger partial charge in [0.15, 0.2) is 0 Å². The van der Waals surface area contributed by atoms with Crippen LogP contribution in [0.1, 0.15) is 0 Å². The van der Waals surface area contributed by atoms with Crippen molar-refractivity contribution in [2.45, 2.75) is 0 Å². The van der Waals surface area contributed by atoms with Crippen molar-refractivity contribution in [3.8, 4) is 0 Å². The highest BCUT2D eigenvalue weighted by Gasteiger charge is 2.08. The summed E-state index contributed by atoms with van der Waals surface area (Å²) in [5, 5.41) is 13.8. The second-order valence-corrected chi connectivity index (χ2v) is 4.59. The highest BCUT2D eigenvalue weighted by Crippen LogP contribution is 2.27. The van der Waals surface area contributed by atoms with Gasteiger partial charge in [-0.25, -0.2) is 0 Å². The molecule has 104 valence electrons. The van der Waals surface area contributed by atoms with E-state index >= 15 is 0 Å². The van der Waals surface area contributed by atoms with Crippen LogP contribution in [-0.2, 0) is 0 Å². The summed E-state index contributed by atoms with van der Waals surface area (Å²) in [6.07, 6.45) is 0. The maximum Gasteiger partial charge on any atom is 0.271 e. The standard InChI is InChI=1S/C14H16N4O2/c1-17(2)11-5-3-10(4-6-11)16-14-8-7-12(18(19)20)9-13(14)15/h3-9,16H,15H2,1-2H3. The Hall–Kier alpha value is -2.76. The predicted molar refractivity (Wildman–Crippen MR) is 81.6 cm³/mol. The lowest BCUT2D eigenvalue weighted by atomic mass is 10.2. The molecule has 2 aromatic carbocycles. The van der Waals surface area contributed by atoms with Gasteiger partial charge < -0.3 is 16.0 Å². The van der Waals surface area contributed by atoms with Crippen LogP contribution in [-0.4, -0.2) is 19.0 Å². The first-order chi connectivity index (χ1) is 9.47. The average Bonchev–Trinajstić information content (AvgIpc) is 2.41. The van der Waals surface area contributed by atoms with Crippen LogP contribution in [0.25, 0.3) is 0 Å². The molecule has 2 aromatic rings. The van der Waals surface area contributed by atoms with E-state index < -0.39 is 4.92 Å². The molecule has 0 aromatic heterocycles. The smallest absolute Gasteiger partial charge is 0.271 e. The summed E-state index contributed by atoms with van der Waals surface area (Å²) < 4.78 is 0. The van der Waals surface area contributed by atoms with Crippen molar-refractivity contribution < 1.29 is 4.92 Å². The third-order valence-electron chi connectivity index (χ3n) is 2.91. The third kappa shape index (κ3) is 2.97. The minimum Gasteiger partial charge on any atom is -0.397 e. The number of nitro benzene ring substituents is 1. The molecule has 0 radical (unpaired) electrons. The first kappa shape index (κ1) is 13.7. The third-order valence-corrected chi connectivity index (χ3v) is 2.91. The molecule has 3 N–H and O–H groups in total. The van der Waals surface area contributed by atoms with E-state index in [1.54, 1.807) is 6.07 Å². The van der Waals surface area contributed by atoms with Crippen LogP contribution in [0.2, 0.25) is 0 Å². The van der Waals surface area contributed by atoms with Gasteiger partial charge in [-0.15, -0.1) is 0 Å². The van der Waals surface area contributed by atoms with Gasteiger partial charge in [0.05, 0.1) is 16.3 Å². The van der Waals surface area contributed by atoms with Gasteiger partial charge >= 0.3 is 0 Å². The van der Waals surface area contributed by atoms with Crippen molar-refractivity contribution in [2.75, 3.05) is 30.0 Å². The van der Waals surface area contributed by atoms with Gasteiger partial charge in [0.2, 0.25) is 0 Å². The summed E-state index contributed by atoms with van der Waals surface area (Å²) in [7, 11) is 3.94. The quantitative estimate of drug-likeness (QED) is 0.508. The maximum atomic E-state index is 10.6. The number of non-ortho nitro benzene ring substituents is 1. The average molecular weight is 272 g/mol. The summed E-state index contributed by atoms with van der Waals surface area (Å²) in [6.45, 7) is 0. The lowest BCUT2D eigenvalue weighted by Gasteiger charge is -2.14. The molecule has 0 aliphatic rings. The topological polar surface area (TPSA) is 84.4 Å². The summed E-state index contributed by atoms with van der Waals surface area (Å²) >= 11 is 0. The minimum absolute atomic E-state index is 0.0176. The van der Waals surface area contributed by atoms with E-state index in [0.717, 1.165) is 11.4 Å². The summed E-state index contributed by atoms with van der Waals surface area (Å²) in [5.74, 6) is 0. The number of rotatable bonds is 4. The maximum absolute atomic E-state index is 10.6. The van der Waals surface area contributed by atoms with Crippen LogP contribution in [0.5, 0.6) is 0 Å². The Morgan fingerprint density at radius 2 is 1.80 bits per heavy atom. The Morgan fingerprint density at radius 3 is 2.30 bits per heavy atom. The Morgan fingerprint density at radius 1 is 1.15 bits per heavy atom. The van der Waals surface area contributed by atoms with E-state index in [1.807, 2.05) is 43.3 Å². The molecule has 6 heteroatoms. The van der Waals surface area contributed by atoms with Gasteiger partial charge in [0.25, 0.3) is 5.69 Å². The van der Waals surface area contributed by atoms with E-state index in [1.165, 1.54) is 12.1 Å². The monoisotopic (exact) mass is 272 g/mol. The molecule has 6 nitrogen and oxygen atoms in total. The Labute approximate surface area is 117 Å². The van der Waals surface area contributed by atoms with Crippen molar-refractivity contribution in [1.29, 1.82) is 0 Å². The summed E-state index contributed by atoms with van der Waals surface area (Å²) in [4.78, 5) is 12.2. The molecule has 0 fully saturated rings. The first-order valence-corrected chi connectivity index (χ1v) is 6.05. The molecule has 0 saturated carbocycles. The van der Waals surface area contributed by atoms with Crippen LogP contribution in [0.4, 0.5) is 28.4 Å². The number of nitrogen functional groups attached to an aromatic ring is 1. The molecular weight excluding hydrogens is 256 g/mol. The number of hydrogen-bond acceptors (Lipinski definition) is 5. The van der Waals surface area contributed by atoms with Crippen LogP contribution in [0.3, 0.4) is 0 Å². The van der Waals surface area contributed by atoms with Crippen molar-refractivity contribution in [3.05, 3.63) is 52.6 Å². The Balaban J connectivity index is 2.19. The van der Waals surface area contributed by atoms with E-state index in [-0.39, 0.29) is 5.69 Å². The molecule has 0 aliphatic heterocycles. The van der Waals surface area contributed by atoms with E-state index in [2.05, 4.69) is 5.32 Å². The van der Waals surface area contributed by atoms with Gasteiger partial charge in [0, 0.05) is 37.6 Å². The number of nitrogens with two attached hydrogens (primary N) is 1. The van der Waals surface area contributed by atoms with E-state index in [0.29, 0.717) is 11.4 Å². The largest absolute Gasteiger partial charge is 0.397 e. The van der Waals surface area contributed by atoms with Crippen LogP contribution >= 0.6 is 0 Å². The zero-order valence-electron chi connectivity index (χ0n) is 11.3. The fourth-order valence-corrected chi connectivity index (χ4v) is 1.78. The van der Waals surface area contributed by atoms with Crippen LogP contribution < -0.4 is 16.0 Å². The molecule has 0 saturated heterocycles. The lowest BCUT2D eigenvalue weighted by Crippen LogP contribution is -2.08. The molecule has 0 aliphatic carbocycles. The van der Waals surface area contributed by atoms with Gasteiger partial charge in [0.1, 0.15) is 0 Å². The van der Waals surface area contributed by atoms with Crippen LogP contribution in [0, 0.1) is 10.1 Å².